The number of benzene rings is 1. The van der Waals surface area contributed by atoms with Crippen LogP contribution in [0.1, 0.15) is 24.5 Å². The smallest absolute Gasteiger partial charge is 0.152 e. The van der Waals surface area contributed by atoms with Crippen molar-refractivity contribution >= 4 is 5.71 Å². The summed E-state index contributed by atoms with van der Waals surface area (Å²) in [7, 11) is 0. The van der Waals surface area contributed by atoms with Crippen molar-refractivity contribution < 1.29 is 9.57 Å². The van der Waals surface area contributed by atoms with Crippen LogP contribution in [0.4, 0.5) is 0 Å². The Morgan fingerprint density at radius 3 is 2.75 bits per heavy atom. The lowest BCUT2D eigenvalue weighted by Crippen LogP contribution is -2.10. The molecule has 0 radical (unpaired) electrons. The van der Waals surface area contributed by atoms with Crippen molar-refractivity contribution in [1.82, 2.24) is 0 Å². The Morgan fingerprint density at radius 2 is 2.12 bits per heavy atom. The van der Waals surface area contributed by atoms with Gasteiger partial charge in [-0.3, -0.25) is 0 Å². The molecule has 2 rings (SSSR count). The summed E-state index contributed by atoms with van der Waals surface area (Å²) in [4.78, 5) is 5.41. The fourth-order valence-corrected chi connectivity index (χ4v) is 1.60. The van der Waals surface area contributed by atoms with Crippen LogP contribution in [-0.2, 0) is 9.57 Å². The topological polar surface area (TPSA) is 30.8 Å². The van der Waals surface area contributed by atoms with Crippen LogP contribution in [0.25, 0.3) is 0 Å². The minimum absolute atomic E-state index is 0.125. The first-order valence-corrected chi connectivity index (χ1v) is 5.61. The lowest BCUT2D eigenvalue weighted by Gasteiger charge is -2.06. The molecule has 1 fully saturated rings. The standard InChI is InChI=1S/C13H17NO2/c1-10-3-5-12(6-4-10)11(2)14-16-13-7-8-15-9-13/h3-6,13H,7-9H2,1-2H3/b14-11-/t13-/m1/s1. The second kappa shape index (κ2) is 5.12. The molecule has 3 nitrogen and oxygen atoms in total. The maximum atomic E-state index is 5.41. The SMILES string of the molecule is C/C(=N/O[C@@H]1CCOC1)c1ccc(C)cc1. The average Bonchev–Trinajstić information content (AvgIpc) is 2.80. The first-order valence-electron chi connectivity index (χ1n) is 5.61. The molecule has 16 heavy (non-hydrogen) atoms. The zero-order valence-electron chi connectivity index (χ0n) is 9.77. The van der Waals surface area contributed by atoms with Gasteiger partial charge in [0.1, 0.15) is 0 Å². The van der Waals surface area contributed by atoms with Gasteiger partial charge in [-0.15, -0.1) is 0 Å². The van der Waals surface area contributed by atoms with Gasteiger partial charge in [0.15, 0.2) is 6.10 Å². The summed E-state index contributed by atoms with van der Waals surface area (Å²) in [5.74, 6) is 0. The van der Waals surface area contributed by atoms with Crippen LogP contribution >= 0.6 is 0 Å². The zero-order valence-corrected chi connectivity index (χ0v) is 9.77. The number of oxime groups is 1. The normalized spacial score (nSPS) is 21.1. The molecule has 0 spiro atoms. The van der Waals surface area contributed by atoms with Crippen molar-refractivity contribution in [2.45, 2.75) is 26.4 Å². The molecule has 0 aromatic heterocycles. The van der Waals surface area contributed by atoms with Gasteiger partial charge in [0.25, 0.3) is 0 Å². The van der Waals surface area contributed by atoms with Gasteiger partial charge in [-0.25, -0.2) is 0 Å². The van der Waals surface area contributed by atoms with Gasteiger partial charge in [-0.05, 0) is 19.4 Å². The van der Waals surface area contributed by atoms with Crippen molar-refractivity contribution in [1.29, 1.82) is 0 Å². The molecule has 0 N–H and O–H groups in total. The summed E-state index contributed by atoms with van der Waals surface area (Å²) >= 11 is 0. The largest absolute Gasteiger partial charge is 0.390 e. The highest BCUT2D eigenvalue weighted by Gasteiger charge is 2.16. The lowest BCUT2D eigenvalue weighted by atomic mass is 10.1. The molecule has 0 bridgehead atoms. The predicted octanol–water partition coefficient (Wildman–Crippen LogP) is 2.52. The summed E-state index contributed by atoms with van der Waals surface area (Å²) < 4.78 is 5.22. The van der Waals surface area contributed by atoms with E-state index in [1.807, 2.05) is 6.92 Å². The van der Waals surface area contributed by atoms with Gasteiger partial charge in [-0.1, -0.05) is 35.0 Å². The molecule has 0 unspecified atom stereocenters. The Labute approximate surface area is 96.1 Å². The lowest BCUT2D eigenvalue weighted by molar-refractivity contribution is 0.0475. The van der Waals surface area contributed by atoms with Gasteiger partial charge in [0, 0.05) is 6.42 Å². The van der Waals surface area contributed by atoms with Crippen LogP contribution in [-0.4, -0.2) is 25.0 Å². The summed E-state index contributed by atoms with van der Waals surface area (Å²) in [6, 6.07) is 8.27. The molecule has 86 valence electrons. The number of rotatable bonds is 3. The first kappa shape index (κ1) is 11.1. The number of nitrogens with zero attached hydrogens (tertiary/aromatic N) is 1. The summed E-state index contributed by atoms with van der Waals surface area (Å²) in [5, 5.41) is 4.14. The molecule has 0 saturated carbocycles. The minimum atomic E-state index is 0.125. The fraction of sp³-hybridized carbons (Fsp3) is 0.462. The molecule has 0 amide bonds. The van der Waals surface area contributed by atoms with Gasteiger partial charge in [0.2, 0.25) is 0 Å². The number of hydrogen-bond acceptors (Lipinski definition) is 3. The van der Waals surface area contributed by atoms with Gasteiger partial charge < -0.3 is 9.57 Å². The number of ether oxygens (including phenoxy) is 1. The van der Waals surface area contributed by atoms with E-state index in [1.54, 1.807) is 0 Å². The van der Waals surface area contributed by atoms with E-state index >= 15 is 0 Å². The van der Waals surface area contributed by atoms with Crippen molar-refractivity contribution in [2.24, 2.45) is 5.16 Å². The van der Waals surface area contributed by atoms with Gasteiger partial charge >= 0.3 is 0 Å². The van der Waals surface area contributed by atoms with Gasteiger partial charge in [0.05, 0.1) is 18.9 Å². The third kappa shape index (κ3) is 2.83. The third-order valence-corrected chi connectivity index (χ3v) is 2.70. The number of hydrogen-bond donors (Lipinski definition) is 0. The van der Waals surface area contributed by atoms with E-state index in [0.29, 0.717) is 6.61 Å². The van der Waals surface area contributed by atoms with Crippen LogP contribution in [0, 0.1) is 6.92 Å². The zero-order chi connectivity index (χ0) is 11.4. The highest BCUT2D eigenvalue weighted by Crippen LogP contribution is 2.10. The van der Waals surface area contributed by atoms with Crippen molar-refractivity contribution in [3.63, 3.8) is 0 Å². The predicted molar refractivity (Wildman–Crippen MR) is 63.7 cm³/mol. The molecule has 1 aromatic rings. The van der Waals surface area contributed by atoms with Crippen molar-refractivity contribution in [3.05, 3.63) is 35.4 Å². The molecule has 1 aliphatic rings. The Kier molecular flexibility index (Phi) is 3.57. The average molecular weight is 219 g/mol. The molecule has 1 aromatic carbocycles. The molecule has 1 heterocycles. The van der Waals surface area contributed by atoms with Crippen molar-refractivity contribution in [2.75, 3.05) is 13.2 Å². The maximum Gasteiger partial charge on any atom is 0.152 e. The summed E-state index contributed by atoms with van der Waals surface area (Å²) in [6.45, 7) is 5.47. The quantitative estimate of drug-likeness (QED) is 0.577. The van der Waals surface area contributed by atoms with Crippen LogP contribution in [0.15, 0.2) is 29.4 Å². The molecule has 1 saturated heterocycles. The Balaban J connectivity index is 1.97. The highest BCUT2D eigenvalue weighted by molar-refractivity contribution is 5.98. The van der Waals surface area contributed by atoms with Crippen LogP contribution in [0.5, 0.6) is 0 Å². The molecular formula is C13H17NO2. The molecular weight excluding hydrogens is 202 g/mol. The first-order chi connectivity index (χ1) is 7.75. The highest BCUT2D eigenvalue weighted by atomic mass is 16.7. The maximum absolute atomic E-state index is 5.41. The monoisotopic (exact) mass is 219 g/mol. The molecule has 3 heteroatoms. The Bertz CT molecular complexity index is 364. The second-order valence-electron chi connectivity index (χ2n) is 4.13. The van der Waals surface area contributed by atoms with E-state index in [1.165, 1.54) is 5.56 Å². The summed E-state index contributed by atoms with van der Waals surface area (Å²) in [6.07, 6.45) is 1.06. The summed E-state index contributed by atoms with van der Waals surface area (Å²) in [5.41, 5.74) is 3.26. The van der Waals surface area contributed by atoms with Crippen LogP contribution in [0.2, 0.25) is 0 Å². The van der Waals surface area contributed by atoms with E-state index in [9.17, 15) is 0 Å². The fourth-order valence-electron chi connectivity index (χ4n) is 1.60. The van der Waals surface area contributed by atoms with Crippen molar-refractivity contribution in [3.8, 4) is 0 Å². The van der Waals surface area contributed by atoms with E-state index in [0.717, 1.165) is 24.3 Å². The van der Waals surface area contributed by atoms with E-state index in [-0.39, 0.29) is 6.10 Å². The Hall–Kier alpha value is -1.35. The third-order valence-electron chi connectivity index (χ3n) is 2.70. The van der Waals surface area contributed by atoms with Crippen LogP contribution < -0.4 is 0 Å². The second-order valence-corrected chi connectivity index (χ2v) is 4.13. The van der Waals surface area contributed by atoms with Crippen LogP contribution in [0.3, 0.4) is 0 Å². The van der Waals surface area contributed by atoms with Gasteiger partial charge in [-0.2, -0.15) is 0 Å². The molecule has 1 atom stereocenters. The molecule has 1 aliphatic heterocycles. The van der Waals surface area contributed by atoms with E-state index in [2.05, 4.69) is 36.3 Å². The molecule has 0 aliphatic carbocycles. The van der Waals surface area contributed by atoms with E-state index in [4.69, 9.17) is 9.57 Å². The van der Waals surface area contributed by atoms with E-state index < -0.39 is 0 Å². The minimum Gasteiger partial charge on any atom is -0.390 e. The Morgan fingerprint density at radius 1 is 1.38 bits per heavy atom. The number of aryl methyl sites for hydroxylation is 1.